The number of hydrogen-bond acceptors (Lipinski definition) is 2. The van der Waals surface area contributed by atoms with Gasteiger partial charge < -0.3 is 0 Å². The summed E-state index contributed by atoms with van der Waals surface area (Å²) in [5.41, 5.74) is 6.07. The van der Waals surface area contributed by atoms with Crippen LogP contribution in [0.4, 0.5) is 0 Å². The van der Waals surface area contributed by atoms with Crippen LogP contribution in [0.5, 0.6) is 0 Å². The smallest absolute Gasteiger partial charge is 0.267 e. The molecule has 2 aromatic carbocycles. The standard InChI is InChI=1S/C17H17ClN2O/c1-3-16(13-8-10-15(18)11-9-13)19-20-17(21)14-6-4-12(2)5-7-14/h4-11H,3H2,1-2H3,(H,20,21)/b19-16-. The summed E-state index contributed by atoms with van der Waals surface area (Å²) in [6, 6.07) is 14.8. The summed E-state index contributed by atoms with van der Waals surface area (Å²) < 4.78 is 0. The van der Waals surface area contributed by atoms with Gasteiger partial charge in [-0.25, -0.2) is 5.43 Å². The number of carbonyl (C=O) groups excluding carboxylic acids is 1. The zero-order valence-electron chi connectivity index (χ0n) is 12.1. The Morgan fingerprint density at radius 1 is 1.05 bits per heavy atom. The Bertz CT molecular complexity index is 645. The molecule has 108 valence electrons. The largest absolute Gasteiger partial charge is 0.271 e. The molecule has 0 unspecified atom stereocenters. The Morgan fingerprint density at radius 3 is 2.19 bits per heavy atom. The molecule has 0 aliphatic carbocycles. The second-order valence-corrected chi connectivity index (χ2v) is 5.16. The number of carbonyl (C=O) groups is 1. The van der Waals surface area contributed by atoms with E-state index in [4.69, 9.17) is 11.6 Å². The minimum Gasteiger partial charge on any atom is -0.267 e. The third-order valence-electron chi connectivity index (χ3n) is 3.12. The number of halogens is 1. The van der Waals surface area contributed by atoms with Crippen LogP contribution in [0, 0.1) is 6.92 Å². The minimum atomic E-state index is -0.213. The Morgan fingerprint density at radius 2 is 1.62 bits per heavy atom. The topological polar surface area (TPSA) is 41.5 Å². The first kappa shape index (κ1) is 15.3. The molecule has 0 aliphatic heterocycles. The molecule has 0 heterocycles. The second-order valence-electron chi connectivity index (χ2n) is 4.73. The fourth-order valence-corrected chi connectivity index (χ4v) is 2.00. The van der Waals surface area contributed by atoms with Gasteiger partial charge in [0, 0.05) is 10.6 Å². The molecule has 0 aliphatic rings. The highest BCUT2D eigenvalue weighted by molar-refractivity contribution is 6.30. The minimum absolute atomic E-state index is 0.213. The first-order chi connectivity index (χ1) is 10.1. The van der Waals surface area contributed by atoms with Crippen molar-refractivity contribution in [3.63, 3.8) is 0 Å². The van der Waals surface area contributed by atoms with Gasteiger partial charge >= 0.3 is 0 Å². The average Bonchev–Trinajstić information content (AvgIpc) is 2.50. The van der Waals surface area contributed by atoms with E-state index in [0.717, 1.165) is 23.3 Å². The first-order valence-electron chi connectivity index (χ1n) is 6.79. The number of nitrogens with zero attached hydrogens (tertiary/aromatic N) is 1. The molecule has 0 saturated heterocycles. The normalized spacial score (nSPS) is 11.3. The fraction of sp³-hybridized carbons (Fsp3) is 0.176. The van der Waals surface area contributed by atoms with E-state index in [1.165, 1.54) is 0 Å². The van der Waals surface area contributed by atoms with Gasteiger partial charge in [0.15, 0.2) is 0 Å². The molecule has 0 aromatic heterocycles. The molecule has 0 saturated carbocycles. The van der Waals surface area contributed by atoms with E-state index in [2.05, 4.69) is 10.5 Å². The van der Waals surface area contributed by atoms with E-state index in [1.54, 1.807) is 12.1 Å². The van der Waals surface area contributed by atoms with E-state index < -0.39 is 0 Å². The number of benzene rings is 2. The molecule has 0 spiro atoms. The van der Waals surface area contributed by atoms with Crippen molar-refractivity contribution in [1.82, 2.24) is 5.43 Å². The van der Waals surface area contributed by atoms with Crippen LogP contribution in [0.2, 0.25) is 5.02 Å². The van der Waals surface area contributed by atoms with Crippen LogP contribution < -0.4 is 5.43 Å². The molecule has 21 heavy (non-hydrogen) atoms. The first-order valence-corrected chi connectivity index (χ1v) is 7.17. The molecular formula is C17H17ClN2O. The lowest BCUT2D eigenvalue weighted by atomic mass is 10.1. The predicted octanol–water partition coefficient (Wildman–Crippen LogP) is 4.19. The number of rotatable bonds is 4. The van der Waals surface area contributed by atoms with E-state index in [0.29, 0.717) is 10.6 Å². The maximum Gasteiger partial charge on any atom is 0.271 e. The quantitative estimate of drug-likeness (QED) is 0.667. The van der Waals surface area contributed by atoms with Crippen molar-refractivity contribution in [2.45, 2.75) is 20.3 Å². The van der Waals surface area contributed by atoms with Crippen molar-refractivity contribution in [2.75, 3.05) is 0 Å². The molecule has 3 nitrogen and oxygen atoms in total. The molecule has 2 aromatic rings. The lowest BCUT2D eigenvalue weighted by molar-refractivity contribution is 0.0955. The van der Waals surface area contributed by atoms with Crippen LogP contribution in [-0.2, 0) is 0 Å². The van der Waals surface area contributed by atoms with Crippen LogP contribution in [0.15, 0.2) is 53.6 Å². The summed E-state index contributed by atoms with van der Waals surface area (Å²) in [5.74, 6) is -0.213. The van der Waals surface area contributed by atoms with Gasteiger partial charge in [0.25, 0.3) is 5.91 Å². The summed E-state index contributed by atoms with van der Waals surface area (Å²) in [6.45, 7) is 3.97. The van der Waals surface area contributed by atoms with Gasteiger partial charge in [0.1, 0.15) is 0 Å². The van der Waals surface area contributed by atoms with Crippen molar-refractivity contribution in [2.24, 2.45) is 5.10 Å². The van der Waals surface area contributed by atoms with E-state index in [9.17, 15) is 4.79 Å². The summed E-state index contributed by atoms with van der Waals surface area (Å²) in [4.78, 5) is 12.0. The Kier molecular flexibility index (Phi) is 5.12. The Labute approximate surface area is 129 Å². The molecular weight excluding hydrogens is 284 g/mol. The maximum absolute atomic E-state index is 12.0. The number of nitrogens with one attached hydrogen (secondary N) is 1. The zero-order valence-corrected chi connectivity index (χ0v) is 12.8. The van der Waals surface area contributed by atoms with Crippen LogP contribution in [0.3, 0.4) is 0 Å². The Hall–Kier alpha value is -2.13. The molecule has 1 N–H and O–H groups in total. The van der Waals surface area contributed by atoms with Gasteiger partial charge in [-0.1, -0.05) is 48.4 Å². The van der Waals surface area contributed by atoms with Gasteiger partial charge in [-0.3, -0.25) is 4.79 Å². The lowest BCUT2D eigenvalue weighted by Crippen LogP contribution is -2.19. The molecule has 0 bridgehead atoms. The zero-order chi connectivity index (χ0) is 15.2. The predicted molar refractivity (Wildman–Crippen MR) is 86.9 cm³/mol. The molecule has 0 radical (unpaired) electrons. The third-order valence-corrected chi connectivity index (χ3v) is 3.37. The summed E-state index contributed by atoms with van der Waals surface area (Å²) in [6.07, 6.45) is 0.718. The highest BCUT2D eigenvalue weighted by atomic mass is 35.5. The highest BCUT2D eigenvalue weighted by Crippen LogP contribution is 2.11. The van der Waals surface area contributed by atoms with E-state index in [-0.39, 0.29) is 5.91 Å². The van der Waals surface area contributed by atoms with Crippen LogP contribution in [0.1, 0.15) is 34.8 Å². The number of amides is 1. The Balaban J connectivity index is 2.12. The molecule has 0 fully saturated rings. The monoisotopic (exact) mass is 300 g/mol. The van der Waals surface area contributed by atoms with Gasteiger partial charge in [-0.05, 0) is 43.2 Å². The van der Waals surface area contributed by atoms with Crippen molar-refractivity contribution in [3.05, 3.63) is 70.2 Å². The second kappa shape index (κ2) is 7.04. The van der Waals surface area contributed by atoms with Crippen LogP contribution in [0.25, 0.3) is 0 Å². The van der Waals surface area contributed by atoms with Gasteiger partial charge in [-0.2, -0.15) is 5.10 Å². The lowest BCUT2D eigenvalue weighted by Gasteiger charge is -2.06. The van der Waals surface area contributed by atoms with Gasteiger partial charge in [-0.15, -0.1) is 0 Å². The van der Waals surface area contributed by atoms with Gasteiger partial charge in [0.2, 0.25) is 0 Å². The van der Waals surface area contributed by atoms with Crippen molar-refractivity contribution >= 4 is 23.2 Å². The average molecular weight is 301 g/mol. The highest BCUT2D eigenvalue weighted by Gasteiger charge is 2.06. The number of aryl methyl sites for hydroxylation is 1. The maximum atomic E-state index is 12.0. The van der Waals surface area contributed by atoms with Crippen molar-refractivity contribution in [3.8, 4) is 0 Å². The molecule has 0 atom stereocenters. The summed E-state index contributed by atoms with van der Waals surface area (Å²) >= 11 is 5.87. The SMILES string of the molecule is CC/C(=N/NC(=O)c1ccc(C)cc1)c1ccc(Cl)cc1. The van der Waals surface area contributed by atoms with E-state index >= 15 is 0 Å². The fourth-order valence-electron chi connectivity index (χ4n) is 1.88. The summed E-state index contributed by atoms with van der Waals surface area (Å²) in [7, 11) is 0. The van der Waals surface area contributed by atoms with E-state index in [1.807, 2.05) is 50.2 Å². The van der Waals surface area contributed by atoms with Gasteiger partial charge in [0.05, 0.1) is 5.71 Å². The van der Waals surface area contributed by atoms with Crippen LogP contribution in [-0.4, -0.2) is 11.6 Å². The van der Waals surface area contributed by atoms with Crippen molar-refractivity contribution in [1.29, 1.82) is 0 Å². The third kappa shape index (κ3) is 4.17. The molecule has 1 amide bonds. The van der Waals surface area contributed by atoms with Crippen molar-refractivity contribution < 1.29 is 4.79 Å². The number of hydrogen-bond donors (Lipinski definition) is 1. The van der Waals surface area contributed by atoms with Crippen LogP contribution >= 0.6 is 11.6 Å². The molecule has 2 rings (SSSR count). The number of hydrazone groups is 1. The summed E-state index contributed by atoms with van der Waals surface area (Å²) in [5, 5.41) is 4.89. The molecule has 4 heteroatoms.